The molecule has 0 radical (unpaired) electrons. The summed E-state index contributed by atoms with van der Waals surface area (Å²) in [5.41, 5.74) is 6.58. The van der Waals surface area contributed by atoms with E-state index in [-0.39, 0.29) is 42.5 Å². The van der Waals surface area contributed by atoms with Crippen molar-refractivity contribution >= 4 is 45.8 Å². The van der Waals surface area contributed by atoms with Crippen molar-refractivity contribution in [2.75, 3.05) is 26.8 Å². The Balaban J connectivity index is 2.12. The molecule has 0 aromatic heterocycles. The minimum Gasteiger partial charge on any atom is -0.495 e. The third-order valence-corrected chi connectivity index (χ3v) is 6.25. The van der Waals surface area contributed by atoms with Crippen molar-refractivity contribution in [3.05, 3.63) is 75.3 Å². The number of hydrogen-bond acceptors (Lipinski definition) is 5. The number of hydrogen-bond donors (Lipinski definition) is 2. The largest absolute Gasteiger partial charge is 0.495 e. The Hall–Kier alpha value is -3.31. The maximum absolute atomic E-state index is 13.9. The van der Waals surface area contributed by atoms with E-state index >= 15 is 0 Å². The fourth-order valence-corrected chi connectivity index (χ4v) is 4.26. The fraction of sp³-hybridized carbons (Fsp3) is 0.240. The van der Waals surface area contributed by atoms with E-state index in [1.807, 2.05) is 0 Å². The smallest absolute Gasteiger partial charge is 0.258 e. The zero-order valence-electron chi connectivity index (χ0n) is 18.4. The van der Waals surface area contributed by atoms with Gasteiger partial charge in [-0.2, -0.15) is 5.26 Å². The van der Waals surface area contributed by atoms with Gasteiger partial charge in [0, 0.05) is 19.1 Å². The van der Waals surface area contributed by atoms with E-state index in [1.165, 1.54) is 12.0 Å². The average Bonchev–Trinajstić information content (AvgIpc) is 2.82. The van der Waals surface area contributed by atoms with E-state index in [4.69, 9.17) is 33.7 Å². The molecule has 0 aliphatic heterocycles. The van der Waals surface area contributed by atoms with Crippen LogP contribution in [-0.2, 0) is 4.79 Å². The molecule has 3 aromatic carbocycles. The number of primary amides is 1. The quantitative estimate of drug-likeness (QED) is 0.459. The molecule has 0 spiro atoms. The predicted molar refractivity (Wildman–Crippen MR) is 131 cm³/mol. The van der Waals surface area contributed by atoms with Crippen molar-refractivity contribution in [3.8, 4) is 11.8 Å². The molecule has 0 saturated heterocycles. The molecule has 3 aromatic rings. The number of fused-ring (bicyclic) bond motifs is 1. The van der Waals surface area contributed by atoms with Crippen LogP contribution in [0.25, 0.3) is 10.8 Å². The molecule has 2 amide bonds. The van der Waals surface area contributed by atoms with Crippen molar-refractivity contribution < 1.29 is 19.4 Å². The zero-order valence-corrected chi connectivity index (χ0v) is 19.9. The van der Waals surface area contributed by atoms with Crippen LogP contribution in [0.5, 0.6) is 5.75 Å². The van der Waals surface area contributed by atoms with Gasteiger partial charge in [0.05, 0.1) is 34.8 Å². The lowest BCUT2D eigenvalue weighted by Crippen LogP contribution is -2.41. The van der Waals surface area contributed by atoms with Crippen LogP contribution in [0.2, 0.25) is 10.0 Å². The lowest BCUT2D eigenvalue weighted by molar-refractivity contribution is -0.118. The summed E-state index contributed by atoms with van der Waals surface area (Å²) in [5.74, 6) is -1.47. The Morgan fingerprint density at radius 3 is 2.53 bits per heavy atom. The molecule has 176 valence electrons. The van der Waals surface area contributed by atoms with Gasteiger partial charge in [0.15, 0.2) is 0 Å². The molecule has 7 nitrogen and oxygen atoms in total. The summed E-state index contributed by atoms with van der Waals surface area (Å²) in [4.78, 5) is 27.1. The second-order valence-corrected chi connectivity index (χ2v) is 8.51. The van der Waals surface area contributed by atoms with Gasteiger partial charge in [0.1, 0.15) is 11.8 Å². The molecular formula is C25H23Cl2N3O4. The van der Waals surface area contributed by atoms with Gasteiger partial charge in [-0.1, -0.05) is 53.5 Å². The standard InChI is InChI=1S/C25H23Cl2N3O4/c1-34-24-18(12-28)10-16-4-2-3-5-19(16)23(24)25(33)30(14-22(29)32)13-17(8-9-31)15-6-7-20(26)21(27)11-15/h2-7,10-11,17,31H,8-9,13-14H2,1H3,(H2,29,32). The normalized spacial score (nSPS) is 11.6. The van der Waals surface area contributed by atoms with Crippen molar-refractivity contribution in [2.24, 2.45) is 5.73 Å². The summed E-state index contributed by atoms with van der Waals surface area (Å²) in [6, 6.07) is 15.9. The number of carbonyl (C=O) groups is 2. The van der Waals surface area contributed by atoms with Crippen molar-refractivity contribution in [2.45, 2.75) is 12.3 Å². The van der Waals surface area contributed by atoms with E-state index in [0.717, 1.165) is 5.56 Å². The number of nitrogens with two attached hydrogens (primary N) is 1. The van der Waals surface area contributed by atoms with E-state index in [0.29, 0.717) is 27.2 Å². The molecule has 34 heavy (non-hydrogen) atoms. The number of benzene rings is 3. The Labute approximate surface area is 207 Å². The first kappa shape index (κ1) is 25.3. The van der Waals surface area contributed by atoms with E-state index < -0.39 is 11.8 Å². The summed E-state index contributed by atoms with van der Waals surface area (Å²) < 4.78 is 5.46. The fourth-order valence-electron chi connectivity index (χ4n) is 3.95. The number of aliphatic hydroxyl groups is 1. The Kier molecular flexibility index (Phi) is 8.35. The molecule has 0 aliphatic carbocycles. The Bertz CT molecular complexity index is 1270. The van der Waals surface area contributed by atoms with Crippen LogP contribution in [0.1, 0.15) is 33.8 Å². The maximum Gasteiger partial charge on any atom is 0.258 e. The van der Waals surface area contributed by atoms with Gasteiger partial charge in [-0.25, -0.2) is 0 Å². The molecule has 9 heteroatoms. The average molecular weight is 500 g/mol. The summed E-state index contributed by atoms with van der Waals surface area (Å²) in [7, 11) is 1.38. The first-order valence-corrected chi connectivity index (χ1v) is 11.2. The number of halogens is 2. The van der Waals surface area contributed by atoms with Gasteiger partial charge in [-0.05, 0) is 41.0 Å². The van der Waals surface area contributed by atoms with Crippen molar-refractivity contribution in [3.63, 3.8) is 0 Å². The van der Waals surface area contributed by atoms with Gasteiger partial charge in [-0.15, -0.1) is 0 Å². The highest BCUT2D eigenvalue weighted by Gasteiger charge is 2.28. The van der Waals surface area contributed by atoms with Gasteiger partial charge >= 0.3 is 0 Å². The number of amides is 2. The third kappa shape index (κ3) is 5.42. The van der Waals surface area contributed by atoms with Crippen LogP contribution in [0, 0.1) is 11.3 Å². The monoisotopic (exact) mass is 499 g/mol. The first-order valence-electron chi connectivity index (χ1n) is 10.4. The summed E-state index contributed by atoms with van der Waals surface area (Å²) in [5, 5.41) is 21.3. The van der Waals surface area contributed by atoms with Crippen LogP contribution in [0.4, 0.5) is 0 Å². The number of nitrogens with zero attached hydrogens (tertiary/aromatic N) is 2. The minimum atomic E-state index is -0.704. The van der Waals surface area contributed by atoms with Crippen LogP contribution >= 0.6 is 23.2 Å². The number of rotatable bonds is 9. The van der Waals surface area contributed by atoms with Gasteiger partial charge in [0.25, 0.3) is 5.91 Å². The number of aliphatic hydroxyl groups excluding tert-OH is 1. The Morgan fingerprint density at radius 2 is 1.91 bits per heavy atom. The summed E-state index contributed by atoms with van der Waals surface area (Å²) in [6.45, 7) is -0.454. The van der Waals surface area contributed by atoms with E-state index in [1.54, 1.807) is 48.5 Å². The van der Waals surface area contributed by atoms with Gasteiger partial charge in [-0.3, -0.25) is 9.59 Å². The molecule has 1 atom stereocenters. The minimum absolute atomic E-state index is 0.0640. The molecule has 3 N–H and O–H groups in total. The number of nitriles is 1. The molecular weight excluding hydrogens is 477 g/mol. The first-order chi connectivity index (χ1) is 16.3. The van der Waals surface area contributed by atoms with Gasteiger partial charge in [0.2, 0.25) is 5.91 Å². The van der Waals surface area contributed by atoms with E-state index in [9.17, 15) is 20.0 Å². The number of methoxy groups -OCH3 is 1. The second kappa shape index (κ2) is 11.2. The van der Waals surface area contributed by atoms with Crippen LogP contribution in [-0.4, -0.2) is 48.6 Å². The molecule has 0 bridgehead atoms. The lowest BCUT2D eigenvalue weighted by atomic mass is 9.94. The molecule has 0 fully saturated rings. The summed E-state index contributed by atoms with van der Waals surface area (Å²) >= 11 is 12.2. The van der Waals surface area contributed by atoms with Crippen molar-refractivity contribution in [1.29, 1.82) is 5.26 Å². The maximum atomic E-state index is 13.9. The highest BCUT2D eigenvalue weighted by atomic mass is 35.5. The molecule has 1 unspecified atom stereocenters. The Morgan fingerprint density at radius 1 is 1.18 bits per heavy atom. The predicted octanol–water partition coefficient (Wildman–Crippen LogP) is 4.12. The highest BCUT2D eigenvalue weighted by molar-refractivity contribution is 6.42. The number of ether oxygens (including phenoxy) is 1. The SMILES string of the molecule is COc1c(C#N)cc2ccccc2c1C(=O)N(CC(N)=O)CC(CCO)c1ccc(Cl)c(Cl)c1. The van der Waals surface area contributed by atoms with Crippen molar-refractivity contribution in [1.82, 2.24) is 4.90 Å². The second-order valence-electron chi connectivity index (χ2n) is 7.70. The molecule has 0 aliphatic rings. The van der Waals surface area contributed by atoms with E-state index in [2.05, 4.69) is 6.07 Å². The van der Waals surface area contributed by atoms with Gasteiger partial charge < -0.3 is 20.5 Å². The zero-order chi connectivity index (χ0) is 24.8. The molecule has 3 rings (SSSR count). The third-order valence-electron chi connectivity index (χ3n) is 5.51. The number of carbonyl (C=O) groups excluding carboxylic acids is 2. The van der Waals surface area contributed by atoms with Crippen LogP contribution in [0.3, 0.4) is 0 Å². The topological polar surface area (TPSA) is 117 Å². The highest BCUT2D eigenvalue weighted by Crippen LogP contribution is 2.34. The lowest BCUT2D eigenvalue weighted by Gasteiger charge is -2.28. The molecule has 0 saturated carbocycles. The van der Waals surface area contributed by atoms with Crippen LogP contribution < -0.4 is 10.5 Å². The van der Waals surface area contributed by atoms with Crippen LogP contribution in [0.15, 0.2) is 48.5 Å². The summed E-state index contributed by atoms with van der Waals surface area (Å²) in [6.07, 6.45) is 0.302. The molecule has 0 heterocycles.